The van der Waals surface area contributed by atoms with Crippen LogP contribution in [0.1, 0.15) is 27.2 Å². The summed E-state index contributed by atoms with van der Waals surface area (Å²) in [4.78, 5) is 15.4. The second-order valence-electron chi connectivity index (χ2n) is 4.62. The van der Waals surface area contributed by atoms with Gasteiger partial charge in [-0.3, -0.25) is 4.79 Å². The summed E-state index contributed by atoms with van der Waals surface area (Å²) < 4.78 is 0. The van der Waals surface area contributed by atoms with Crippen LogP contribution in [0.5, 0.6) is 0 Å². The molecule has 18 heavy (non-hydrogen) atoms. The summed E-state index contributed by atoms with van der Waals surface area (Å²) in [6.07, 6.45) is 2.12. The molecule has 1 aliphatic rings. The quantitative estimate of drug-likeness (QED) is 0.763. The average Bonchev–Trinajstić information content (AvgIpc) is 2.83. The number of nitrogens with zero attached hydrogens (tertiary/aromatic N) is 1. The molecule has 1 aromatic carbocycles. The molecule has 0 N–H and O–H groups in total. The number of hydrogen-bond donors (Lipinski definition) is 0. The number of carbonyl (C=O) groups is 1. The molecule has 2 nitrogen and oxygen atoms in total. The van der Waals surface area contributed by atoms with Crippen molar-refractivity contribution in [1.82, 2.24) is 0 Å². The van der Waals surface area contributed by atoms with Crippen LogP contribution < -0.4 is 4.90 Å². The molecule has 3 rings (SSSR count). The van der Waals surface area contributed by atoms with Gasteiger partial charge in [0.2, 0.25) is 0 Å². The summed E-state index contributed by atoms with van der Waals surface area (Å²) >= 11 is 1.53. The summed E-state index contributed by atoms with van der Waals surface area (Å²) in [5.41, 5.74) is 3.45. The van der Waals surface area contributed by atoms with Crippen molar-refractivity contribution in [2.45, 2.75) is 19.8 Å². The van der Waals surface area contributed by atoms with Gasteiger partial charge < -0.3 is 4.90 Å². The van der Waals surface area contributed by atoms with E-state index in [1.165, 1.54) is 16.9 Å². The van der Waals surface area contributed by atoms with Crippen molar-refractivity contribution in [2.75, 3.05) is 11.4 Å². The molecule has 92 valence electrons. The zero-order valence-corrected chi connectivity index (χ0v) is 11.2. The molecule has 2 aromatic rings. The van der Waals surface area contributed by atoms with Crippen LogP contribution >= 0.6 is 11.3 Å². The van der Waals surface area contributed by atoms with E-state index >= 15 is 0 Å². The molecular weight excluding hydrogens is 242 g/mol. The average molecular weight is 257 g/mol. The second kappa shape index (κ2) is 4.58. The fourth-order valence-corrected chi connectivity index (χ4v) is 3.33. The molecule has 0 fully saturated rings. The molecule has 0 radical (unpaired) electrons. The Labute approximate surface area is 111 Å². The first-order valence-corrected chi connectivity index (χ1v) is 7.09. The Kier molecular flexibility index (Phi) is 2.92. The Morgan fingerprint density at radius 1 is 1.28 bits per heavy atom. The lowest BCUT2D eigenvalue weighted by molar-refractivity contribution is 0.0988. The Morgan fingerprint density at radius 3 is 2.89 bits per heavy atom. The number of thiophene rings is 1. The number of rotatable bonds is 1. The van der Waals surface area contributed by atoms with Gasteiger partial charge in [-0.2, -0.15) is 0 Å². The third-order valence-corrected chi connectivity index (χ3v) is 4.42. The van der Waals surface area contributed by atoms with Crippen molar-refractivity contribution in [1.29, 1.82) is 0 Å². The monoisotopic (exact) mass is 257 g/mol. The smallest absolute Gasteiger partial charge is 0.268 e. The minimum absolute atomic E-state index is 0.148. The Bertz CT molecular complexity index is 588. The van der Waals surface area contributed by atoms with Gasteiger partial charge >= 0.3 is 0 Å². The van der Waals surface area contributed by atoms with Gasteiger partial charge in [-0.05, 0) is 48.4 Å². The van der Waals surface area contributed by atoms with E-state index in [-0.39, 0.29) is 5.91 Å². The SMILES string of the molecule is Cc1ccsc1C(=O)N1CCCc2ccccc21. The van der Waals surface area contributed by atoms with E-state index in [9.17, 15) is 4.79 Å². The molecule has 3 heteroatoms. The van der Waals surface area contributed by atoms with Crippen molar-refractivity contribution in [3.05, 3.63) is 51.7 Å². The van der Waals surface area contributed by atoms with Gasteiger partial charge in [-0.25, -0.2) is 0 Å². The lowest BCUT2D eigenvalue weighted by Crippen LogP contribution is -2.35. The first-order valence-electron chi connectivity index (χ1n) is 6.21. The predicted octanol–water partition coefficient (Wildman–Crippen LogP) is 3.65. The lowest BCUT2D eigenvalue weighted by Gasteiger charge is -2.29. The van der Waals surface area contributed by atoms with Gasteiger partial charge in [0.05, 0.1) is 4.88 Å². The molecule has 1 aliphatic heterocycles. The standard InChI is InChI=1S/C15H15NOS/c1-11-8-10-18-14(11)15(17)16-9-4-6-12-5-2-3-7-13(12)16/h2-3,5,7-8,10H,4,6,9H2,1H3. The third-order valence-electron chi connectivity index (χ3n) is 3.41. The van der Waals surface area contributed by atoms with Crippen molar-refractivity contribution < 1.29 is 4.79 Å². The van der Waals surface area contributed by atoms with E-state index in [0.717, 1.165) is 35.5 Å². The Balaban J connectivity index is 2.00. The molecule has 0 atom stereocenters. The minimum atomic E-state index is 0.148. The number of benzene rings is 1. The number of hydrogen-bond acceptors (Lipinski definition) is 2. The van der Waals surface area contributed by atoms with Gasteiger partial charge in [-0.15, -0.1) is 11.3 Å². The molecule has 0 bridgehead atoms. The van der Waals surface area contributed by atoms with Crippen LogP contribution in [0.2, 0.25) is 0 Å². The first-order chi connectivity index (χ1) is 8.77. The van der Waals surface area contributed by atoms with Crippen molar-refractivity contribution in [2.24, 2.45) is 0 Å². The van der Waals surface area contributed by atoms with E-state index in [0.29, 0.717) is 0 Å². The number of aryl methyl sites for hydroxylation is 2. The molecule has 0 unspecified atom stereocenters. The van der Waals surface area contributed by atoms with Crippen molar-refractivity contribution in [3.63, 3.8) is 0 Å². The highest BCUT2D eigenvalue weighted by Gasteiger charge is 2.24. The molecule has 2 heterocycles. The zero-order valence-electron chi connectivity index (χ0n) is 10.3. The number of para-hydroxylation sites is 1. The number of anilines is 1. The van der Waals surface area contributed by atoms with Gasteiger partial charge in [0.25, 0.3) is 5.91 Å². The van der Waals surface area contributed by atoms with Gasteiger partial charge in [-0.1, -0.05) is 18.2 Å². The summed E-state index contributed by atoms with van der Waals surface area (Å²) in [6, 6.07) is 10.2. The highest BCUT2D eigenvalue weighted by atomic mass is 32.1. The maximum atomic E-state index is 12.6. The van der Waals surface area contributed by atoms with Crippen LogP contribution in [0.15, 0.2) is 35.7 Å². The molecule has 0 spiro atoms. The van der Waals surface area contributed by atoms with Crippen LogP contribution in [0.4, 0.5) is 5.69 Å². The molecule has 1 amide bonds. The second-order valence-corrected chi connectivity index (χ2v) is 5.54. The van der Waals surface area contributed by atoms with E-state index in [2.05, 4.69) is 12.1 Å². The predicted molar refractivity (Wildman–Crippen MR) is 75.5 cm³/mol. The van der Waals surface area contributed by atoms with E-state index in [1.54, 1.807) is 0 Å². The van der Waals surface area contributed by atoms with E-state index < -0.39 is 0 Å². The molecule has 0 aliphatic carbocycles. The molecule has 0 saturated heterocycles. The normalized spacial score (nSPS) is 14.4. The van der Waals surface area contributed by atoms with Gasteiger partial charge in [0, 0.05) is 12.2 Å². The van der Waals surface area contributed by atoms with Crippen molar-refractivity contribution >= 4 is 22.9 Å². The van der Waals surface area contributed by atoms with Gasteiger partial charge in [0.15, 0.2) is 0 Å². The van der Waals surface area contributed by atoms with Gasteiger partial charge in [0.1, 0.15) is 0 Å². The number of fused-ring (bicyclic) bond motifs is 1. The maximum absolute atomic E-state index is 12.6. The maximum Gasteiger partial charge on any atom is 0.268 e. The summed E-state index contributed by atoms with van der Waals surface area (Å²) in [5.74, 6) is 0.148. The molecule has 1 aromatic heterocycles. The zero-order chi connectivity index (χ0) is 12.5. The highest BCUT2D eigenvalue weighted by molar-refractivity contribution is 7.12. The Hall–Kier alpha value is -1.61. The molecular formula is C15H15NOS. The fourth-order valence-electron chi connectivity index (χ4n) is 2.46. The van der Waals surface area contributed by atoms with Crippen LogP contribution in [0, 0.1) is 6.92 Å². The van der Waals surface area contributed by atoms with Crippen LogP contribution in [-0.2, 0) is 6.42 Å². The topological polar surface area (TPSA) is 20.3 Å². The number of amides is 1. The van der Waals surface area contributed by atoms with Crippen LogP contribution in [0.25, 0.3) is 0 Å². The Morgan fingerprint density at radius 2 is 2.11 bits per heavy atom. The molecule has 0 saturated carbocycles. The van der Waals surface area contributed by atoms with E-state index in [1.807, 2.05) is 35.4 Å². The minimum Gasteiger partial charge on any atom is -0.307 e. The first kappa shape index (κ1) is 11.5. The van der Waals surface area contributed by atoms with E-state index in [4.69, 9.17) is 0 Å². The van der Waals surface area contributed by atoms with Crippen molar-refractivity contribution in [3.8, 4) is 0 Å². The van der Waals surface area contributed by atoms with Crippen LogP contribution in [-0.4, -0.2) is 12.5 Å². The fraction of sp³-hybridized carbons (Fsp3) is 0.267. The summed E-state index contributed by atoms with van der Waals surface area (Å²) in [7, 11) is 0. The largest absolute Gasteiger partial charge is 0.307 e. The third kappa shape index (κ3) is 1.85. The summed E-state index contributed by atoms with van der Waals surface area (Å²) in [6.45, 7) is 2.83. The highest BCUT2D eigenvalue weighted by Crippen LogP contribution is 2.29. The number of carbonyl (C=O) groups excluding carboxylic acids is 1. The lowest BCUT2D eigenvalue weighted by atomic mass is 10.0. The van der Waals surface area contributed by atoms with Crippen LogP contribution in [0.3, 0.4) is 0 Å². The summed E-state index contributed by atoms with van der Waals surface area (Å²) in [5, 5.41) is 1.98.